The first kappa shape index (κ1) is 14.0. The molecule has 17 heavy (non-hydrogen) atoms. The second-order valence-electron chi connectivity index (χ2n) is 4.90. The number of hydrogen-bond donors (Lipinski definition) is 2. The average Bonchev–Trinajstić information content (AvgIpc) is 2.28. The van der Waals surface area contributed by atoms with E-state index in [1.165, 1.54) is 6.42 Å². The molecule has 98 valence electrons. The number of hydrogen-bond acceptors (Lipinski definition) is 1. The lowest BCUT2D eigenvalue weighted by atomic mass is 9.81. The van der Waals surface area contributed by atoms with Gasteiger partial charge in [-0.1, -0.05) is 18.4 Å². The summed E-state index contributed by atoms with van der Waals surface area (Å²) in [7, 11) is 0. The zero-order valence-corrected chi connectivity index (χ0v) is 10.6. The molecule has 0 radical (unpaired) electrons. The fraction of sp³-hybridized carbons (Fsp3) is 0.769. The van der Waals surface area contributed by atoms with Crippen LogP contribution in [-0.2, 0) is 0 Å². The molecule has 3 nitrogen and oxygen atoms in total. The fourth-order valence-electron chi connectivity index (χ4n) is 2.47. The Bertz CT molecular complexity index is 268. The zero-order valence-electron chi connectivity index (χ0n) is 10.6. The van der Waals surface area contributed by atoms with Gasteiger partial charge >= 0.3 is 6.03 Å². The molecule has 0 aromatic rings. The van der Waals surface area contributed by atoms with Crippen molar-refractivity contribution in [2.24, 2.45) is 5.92 Å². The van der Waals surface area contributed by atoms with E-state index >= 15 is 0 Å². The Morgan fingerprint density at radius 2 is 2.12 bits per heavy atom. The standard InChI is InChI=1S/C13H23FN2O/c1-10(2)9-11-5-3-4-6-12(11)16-13(17)15-8-7-14/h11-12H,1,3-9H2,2H3,(H2,15,16,17). The van der Waals surface area contributed by atoms with Crippen molar-refractivity contribution in [2.75, 3.05) is 13.2 Å². The van der Waals surface area contributed by atoms with E-state index in [9.17, 15) is 9.18 Å². The monoisotopic (exact) mass is 242 g/mol. The van der Waals surface area contributed by atoms with Gasteiger partial charge in [-0.25, -0.2) is 9.18 Å². The highest BCUT2D eigenvalue weighted by Gasteiger charge is 2.26. The van der Waals surface area contributed by atoms with Gasteiger partial charge in [-0.3, -0.25) is 0 Å². The molecule has 1 fully saturated rings. The van der Waals surface area contributed by atoms with Crippen molar-refractivity contribution >= 4 is 6.03 Å². The molecule has 0 bridgehead atoms. The minimum atomic E-state index is -0.521. The Morgan fingerprint density at radius 1 is 1.41 bits per heavy atom. The summed E-state index contributed by atoms with van der Waals surface area (Å²) in [6.45, 7) is 5.52. The number of alkyl halides is 1. The van der Waals surface area contributed by atoms with Gasteiger partial charge in [0.15, 0.2) is 0 Å². The number of carbonyl (C=O) groups excluding carboxylic acids is 1. The molecule has 4 heteroatoms. The molecular weight excluding hydrogens is 219 g/mol. The largest absolute Gasteiger partial charge is 0.336 e. The molecule has 0 heterocycles. The van der Waals surface area contributed by atoms with E-state index in [0.717, 1.165) is 31.3 Å². The number of allylic oxidation sites excluding steroid dienone is 1. The van der Waals surface area contributed by atoms with Gasteiger partial charge in [-0.2, -0.15) is 0 Å². The van der Waals surface area contributed by atoms with Gasteiger partial charge in [0.2, 0.25) is 0 Å². The molecule has 0 aliphatic heterocycles. The lowest BCUT2D eigenvalue weighted by Gasteiger charge is -2.32. The third-order valence-electron chi connectivity index (χ3n) is 3.22. The van der Waals surface area contributed by atoms with Crippen molar-refractivity contribution in [3.05, 3.63) is 12.2 Å². The summed E-state index contributed by atoms with van der Waals surface area (Å²) in [5, 5.41) is 5.46. The summed E-state index contributed by atoms with van der Waals surface area (Å²) >= 11 is 0. The van der Waals surface area contributed by atoms with E-state index in [2.05, 4.69) is 17.2 Å². The van der Waals surface area contributed by atoms with Crippen LogP contribution in [0.3, 0.4) is 0 Å². The van der Waals surface area contributed by atoms with Crippen molar-refractivity contribution in [2.45, 2.75) is 45.1 Å². The third-order valence-corrected chi connectivity index (χ3v) is 3.22. The van der Waals surface area contributed by atoms with E-state index in [1.54, 1.807) is 0 Å². The molecule has 2 unspecified atom stereocenters. The van der Waals surface area contributed by atoms with Gasteiger partial charge in [0.25, 0.3) is 0 Å². The maximum Gasteiger partial charge on any atom is 0.315 e. The molecule has 1 aliphatic carbocycles. The lowest BCUT2D eigenvalue weighted by molar-refractivity contribution is 0.216. The van der Waals surface area contributed by atoms with Crippen LogP contribution < -0.4 is 10.6 Å². The summed E-state index contributed by atoms with van der Waals surface area (Å²) in [5.74, 6) is 0.484. The first-order valence-corrected chi connectivity index (χ1v) is 6.38. The van der Waals surface area contributed by atoms with Crippen molar-refractivity contribution in [3.8, 4) is 0 Å². The maximum absolute atomic E-state index is 11.9. The normalized spacial score (nSPS) is 24.1. The second kappa shape index (κ2) is 7.30. The van der Waals surface area contributed by atoms with Crippen LogP contribution in [-0.4, -0.2) is 25.3 Å². The van der Waals surface area contributed by atoms with Crippen LogP contribution in [0.1, 0.15) is 39.0 Å². The number of amides is 2. The number of urea groups is 1. The van der Waals surface area contributed by atoms with Crippen molar-refractivity contribution in [3.63, 3.8) is 0 Å². The first-order chi connectivity index (χ1) is 8.13. The summed E-state index contributed by atoms with van der Waals surface area (Å²) < 4.78 is 11.9. The Hall–Kier alpha value is -1.06. The topological polar surface area (TPSA) is 41.1 Å². The van der Waals surface area contributed by atoms with E-state index < -0.39 is 6.67 Å². The van der Waals surface area contributed by atoms with Crippen LogP contribution in [0, 0.1) is 5.92 Å². The van der Waals surface area contributed by atoms with Crippen LogP contribution in [0.5, 0.6) is 0 Å². The summed E-state index contributed by atoms with van der Waals surface area (Å²) in [5.41, 5.74) is 1.16. The highest BCUT2D eigenvalue weighted by molar-refractivity contribution is 5.74. The van der Waals surface area contributed by atoms with Gasteiger partial charge < -0.3 is 10.6 Å². The summed E-state index contributed by atoms with van der Waals surface area (Å²) in [6, 6.07) is -0.0404. The molecule has 2 N–H and O–H groups in total. The van der Waals surface area contributed by atoms with E-state index in [4.69, 9.17) is 0 Å². The van der Waals surface area contributed by atoms with Crippen LogP contribution in [0.25, 0.3) is 0 Å². The van der Waals surface area contributed by atoms with Crippen molar-refractivity contribution in [1.82, 2.24) is 10.6 Å². The minimum Gasteiger partial charge on any atom is -0.336 e. The predicted molar refractivity (Wildman–Crippen MR) is 67.7 cm³/mol. The SMILES string of the molecule is C=C(C)CC1CCCCC1NC(=O)NCCF. The average molecular weight is 242 g/mol. The van der Waals surface area contributed by atoms with Crippen molar-refractivity contribution in [1.29, 1.82) is 0 Å². The molecule has 0 aromatic heterocycles. The number of nitrogens with one attached hydrogen (secondary N) is 2. The number of rotatable bonds is 5. The number of carbonyl (C=O) groups is 1. The smallest absolute Gasteiger partial charge is 0.315 e. The number of halogens is 1. The van der Waals surface area contributed by atoms with E-state index in [0.29, 0.717) is 5.92 Å². The molecule has 0 spiro atoms. The van der Waals surface area contributed by atoms with Crippen LogP contribution in [0.2, 0.25) is 0 Å². The highest BCUT2D eigenvalue weighted by Crippen LogP contribution is 2.28. The molecule has 2 amide bonds. The van der Waals surface area contributed by atoms with E-state index in [-0.39, 0.29) is 18.6 Å². The maximum atomic E-state index is 11.9. The molecule has 1 saturated carbocycles. The molecule has 0 aromatic carbocycles. The molecule has 2 atom stereocenters. The van der Waals surface area contributed by atoms with Crippen LogP contribution >= 0.6 is 0 Å². The molecular formula is C13H23FN2O. The molecule has 1 rings (SSSR count). The summed E-state index contributed by atoms with van der Waals surface area (Å²) in [4.78, 5) is 11.5. The summed E-state index contributed by atoms with van der Waals surface area (Å²) in [6.07, 6.45) is 5.50. The van der Waals surface area contributed by atoms with Gasteiger partial charge in [0.1, 0.15) is 6.67 Å². The Kier molecular flexibility index (Phi) is 6.01. The van der Waals surface area contributed by atoms with Crippen molar-refractivity contribution < 1.29 is 9.18 Å². The van der Waals surface area contributed by atoms with Crippen LogP contribution in [0.15, 0.2) is 12.2 Å². The highest BCUT2D eigenvalue weighted by atomic mass is 19.1. The van der Waals surface area contributed by atoms with Gasteiger partial charge in [0.05, 0.1) is 0 Å². The Labute approximate surface area is 103 Å². The first-order valence-electron chi connectivity index (χ1n) is 6.38. The Balaban J connectivity index is 2.41. The zero-order chi connectivity index (χ0) is 12.7. The quantitative estimate of drug-likeness (QED) is 0.715. The molecule has 1 aliphatic rings. The van der Waals surface area contributed by atoms with Crippen LogP contribution in [0.4, 0.5) is 9.18 Å². The minimum absolute atomic E-state index is 0.0870. The Morgan fingerprint density at radius 3 is 2.76 bits per heavy atom. The fourth-order valence-corrected chi connectivity index (χ4v) is 2.47. The molecule has 0 saturated heterocycles. The lowest BCUT2D eigenvalue weighted by Crippen LogP contribution is -2.47. The van der Waals surface area contributed by atoms with Gasteiger partial charge in [-0.05, 0) is 32.1 Å². The van der Waals surface area contributed by atoms with E-state index in [1.807, 2.05) is 6.92 Å². The third kappa shape index (κ3) is 5.20. The van der Waals surface area contributed by atoms with Gasteiger partial charge in [0, 0.05) is 12.6 Å². The predicted octanol–water partition coefficient (Wildman–Crippen LogP) is 2.78. The second-order valence-corrected chi connectivity index (χ2v) is 4.90. The van der Waals surface area contributed by atoms with Gasteiger partial charge in [-0.15, -0.1) is 6.58 Å².